The highest BCUT2D eigenvalue weighted by Gasteiger charge is 2.69. The second-order valence-electron chi connectivity index (χ2n) is 20.8. The van der Waals surface area contributed by atoms with Crippen LogP contribution < -0.4 is 14.2 Å². The Kier molecular flexibility index (Phi) is 16.4. The van der Waals surface area contributed by atoms with E-state index >= 15 is 0 Å². The summed E-state index contributed by atoms with van der Waals surface area (Å²) in [7, 11) is -11.4. The Morgan fingerprint density at radius 2 is 1.20 bits per heavy atom. The van der Waals surface area contributed by atoms with Crippen molar-refractivity contribution in [3.05, 3.63) is 100 Å². The summed E-state index contributed by atoms with van der Waals surface area (Å²) in [5, 5.41) is 10.4. The van der Waals surface area contributed by atoms with E-state index in [0.29, 0.717) is 36.8 Å². The number of ether oxygens (including phenoxy) is 3. The van der Waals surface area contributed by atoms with Crippen molar-refractivity contribution < 1.29 is 73.1 Å². The van der Waals surface area contributed by atoms with Crippen LogP contribution in [0.4, 0.5) is 0 Å². The number of phenolic OH excluding ortho intramolecular Hbond substituents is 1. The van der Waals surface area contributed by atoms with Crippen LogP contribution in [0.5, 0.6) is 11.5 Å². The van der Waals surface area contributed by atoms with Gasteiger partial charge in [-0.1, -0.05) is 82.3 Å². The first-order valence-electron chi connectivity index (χ1n) is 24.6. The number of benzene rings is 3. The molecular weight excluding hydrogens is 1020 g/mol. The zero-order valence-electron chi connectivity index (χ0n) is 42.1. The fraction of sp³-hybridized carbons (Fsp3) is 0.491. The standard InChI is InChI=1S/C53H64N2O16S3/c1-50(2)40-20-22-52(50,48(60)37(40)28-34-16-18-35(19-17-34)29-38-41-21-23-53(49(38)61,51(41,3)4)33-73(64,65)66)32-72(62,63)54-24-11-26-70-45(57)14-9-10-15-46(58)71-27-25-55-74(67,68)44-30-39(42(56)31-43(44)69-5)47(59)36-12-7-6-8-13-36/h6-8,12-13,16-19,28-31,40-41,54-56H,9-11,14-15,20-27,32-33H2,1-5H3,(H,64,65,66)/b37-28-,38-29-. The van der Waals surface area contributed by atoms with Crippen LogP contribution in [-0.4, -0.2) is 109 Å². The van der Waals surface area contributed by atoms with Gasteiger partial charge in [-0.15, -0.1) is 0 Å². The monoisotopic (exact) mass is 1080 g/mol. The fourth-order valence-corrected chi connectivity index (χ4v) is 16.0. The highest BCUT2D eigenvalue weighted by molar-refractivity contribution is 7.89. The molecule has 0 aliphatic heterocycles. The molecule has 4 bridgehead atoms. The number of unbranched alkanes of at least 4 members (excludes halogenated alkanes) is 1. The van der Waals surface area contributed by atoms with Crippen molar-refractivity contribution in [1.82, 2.24) is 9.44 Å². The first kappa shape index (κ1) is 56.2. The maximum Gasteiger partial charge on any atom is 0.305 e. The molecule has 0 spiro atoms. The number of methoxy groups -OCH3 is 1. The van der Waals surface area contributed by atoms with Crippen LogP contribution in [0.1, 0.15) is 113 Å². The first-order chi connectivity index (χ1) is 34.7. The third-order valence-corrected chi connectivity index (χ3v) is 19.8. The van der Waals surface area contributed by atoms with E-state index in [1.807, 2.05) is 58.0 Å². The van der Waals surface area contributed by atoms with Gasteiger partial charge in [-0.25, -0.2) is 26.3 Å². The van der Waals surface area contributed by atoms with Gasteiger partial charge in [0.15, 0.2) is 17.3 Å². The minimum absolute atomic E-state index is 0.0106. The SMILES string of the molecule is COc1cc(O)c(C(=O)c2ccccc2)cc1S(=O)(=O)NCCOC(=O)CCCCC(=O)OCCCNS(=O)(=O)CC12CCC(/C(=C/c3ccc(/C=C4\C(=O)C5(CS(=O)(=O)O)CCC4C5(C)C)cc3)C1=O)C2(C)C. The molecule has 0 amide bonds. The Morgan fingerprint density at radius 1 is 0.689 bits per heavy atom. The van der Waals surface area contributed by atoms with Crippen molar-refractivity contribution in [3.63, 3.8) is 0 Å². The Bertz CT molecular complexity index is 3110. The van der Waals surface area contributed by atoms with Crippen LogP contribution in [0.3, 0.4) is 0 Å². The number of carbonyl (C=O) groups excluding carboxylic acids is 5. The first-order valence-corrected chi connectivity index (χ1v) is 29.3. The van der Waals surface area contributed by atoms with Gasteiger partial charge in [-0.3, -0.25) is 28.5 Å². The minimum atomic E-state index is -4.39. The van der Waals surface area contributed by atoms with Gasteiger partial charge < -0.3 is 19.3 Å². The van der Waals surface area contributed by atoms with Gasteiger partial charge in [0.1, 0.15) is 23.0 Å². The van der Waals surface area contributed by atoms with Crippen molar-refractivity contribution in [2.24, 2.45) is 33.5 Å². The number of ketones is 3. The molecule has 400 valence electrons. The summed E-state index contributed by atoms with van der Waals surface area (Å²) in [6.45, 7) is 6.91. The van der Waals surface area contributed by atoms with Gasteiger partial charge in [0.25, 0.3) is 10.1 Å². The quantitative estimate of drug-likeness (QED) is 0.0254. The number of aromatic hydroxyl groups is 1. The second kappa shape index (κ2) is 21.6. The lowest BCUT2D eigenvalue weighted by atomic mass is 9.70. The van der Waals surface area contributed by atoms with E-state index in [9.17, 15) is 58.9 Å². The zero-order chi connectivity index (χ0) is 54.1. The van der Waals surface area contributed by atoms with E-state index in [4.69, 9.17) is 14.2 Å². The lowest BCUT2D eigenvalue weighted by Gasteiger charge is -2.35. The summed E-state index contributed by atoms with van der Waals surface area (Å²) < 4.78 is 107. The van der Waals surface area contributed by atoms with E-state index in [2.05, 4.69) is 9.44 Å². The van der Waals surface area contributed by atoms with E-state index < -0.39 is 91.7 Å². The highest BCUT2D eigenvalue weighted by atomic mass is 32.2. The lowest BCUT2D eigenvalue weighted by Crippen LogP contribution is -2.45. The number of fused-ring (bicyclic) bond motifs is 4. The molecule has 4 aliphatic carbocycles. The molecule has 74 heavy (non-hydrogen) atoms. The van der Waals surface area contributed by atoms with Gasteiger partial charge in [0.05, 0.1) is 41.6 Å². The molecule has 4 N–H and O–H groups in total. The molecule has 4 fully saturated rings. The molecule has 4 atom stereocenters. The van der Waals surface area contributed by atoms with Gasteiger partial charge in [0.2, 0.25) is 20.0 Å². The predicted octanol–water partition coefficient (Wildman–Crippen LogP) is 6.23. The highest BCUT2D eigenvalue weighted by Crippen LogP contribution is 2.67. The Morgan fingerprint density at radius 3 is 1.72 bits per heavy atom. The van der Waals surface area contributed by atoms with Gasteiger partial charge in [-0.2, -0.15) is 8.42 Å². The van der Waals surface area contributed by atoms with Crippen LogP contribution in [0, 0.1) is 33.5 Å². The number of phenols is 1. The number of esters is 2. The summed E-state index contributed by atoms with van der Waals surface area (Å²) >= 11 is 0. The fourth-order valence-electron chi connectivity index (χ4n) is 11.7. The molecule has 0 heterocycles. The second-order valence-corrected chi connectivity index (χ2v) is 25.8. The molecule has 0 radical (unpaired) electrons. The maximum atomic E-state index is 14.2. The zero-order valence-corrected chi connectivity index (χ0v) is 44.6. The Hall–Kier alpha value is -5.58. The molecule has 3 aromatic carbocycles. The molecule has 4 saturated carbocycles. The molecule has 18 nitrogen and oxygen atoms in total. The van der Waals surface area contributed by atoms with Crippen LogP contribution in [-0.2, 0) is 58.8 Å². The molecule has 21 heteroatoms. The van der Waals surface area contributed by atoms with Crippen LogP contribution >= 0.6 is 0 Å². The summed E-state index contributed by atoms with van der Waals surface area (Å²) in [5.74, 6) is -4.24. The van der Waals surface area contributed by atoms with Crippen LogP contribution in [0.25, 0.3) is 12.2 Å². The molecule has 0 saturated heterocycles. The number of hydrogen-bond donors (Lipinski definition) is 4. The Balaban J connectivity index is 0.811. The van der Waals surface area contributed by atoms with Crippen molar-refractivity contribution in [1.29, 1.82) is 0 Å². The number of rotatable bonds is 24. The molecule has 0 aromatic heterocycles. The Labute approximate surface area is 432 Å². The third kappa shape index (κ3) is 11.3. The smallest absolute Gasteiger partial charge is 0.305 e. The number of nitrogens with one attached hydrogen (secondary N) is 2. The number of carbonyl (C=O) groups is 5. The normalized spacial score (nSPS) is 23.9. The van der Waals surface area contributed by atoms with Crippen LogP contribution in [0.15, 0.2) is 82.8 Å². The van der Waals surface area contributed by atoms with E-state index in [0.717, 1.165) is 23.3 Å². The maximum absolute atomic E-state index is 14.2. The predicted molar refractivity (Wildman–Crippen MR) is 273 cm³/mol. The van der Waals surface area contributed by atoms with Crippen molar-refractivity contribution in [3.8, 4) is 11.5 Å². The molecule has 7 rings (SSSR count). The summed E-state index contributed by atoms with van der Waals surface area (Å²) in [6.07, 6.45) is 6.34. The summed E-state index contributed by atoms with van der Waals surface area (Å²) in [6, 6.07) is 17.3. The van der Waals surface area contributed by atoms with Gasteiger partial charge in [0, 0.05) is 48.7 Å². The molecule has 3 aromatic rings. The third-order valence-electron chi connectivity index (χ3n) is 15.9. The minimum Gasteiger partial charge on any atom is -0.507 e. The van der Waals surface area contributed by atoms with Crippen molar-refractivity contribution in [2.45, 2.75) is 90.4 Å². The number of sulfonamides is 2. The van der Waals surface area contributed by atoms with Crippen molar-refractivity contribution >= 4 is 71.6 Å². The average molecular weight is 1080 g/mol. The number of hydrogen-bond acceptors (Lipinski definition) is 15. The van der Waals surface area contributed by atoms with Gasteiger partial charge >= 0.3 is 11.9 Å². The molecule has 4 unspecified atom stereocenters. The van der Waals surface area contributed by atoms with Crippen LogP contribution in [0.2, 0.25) is 0 Å². The summed E-state index contributed by atoms with van der Waals surface area (Å²) in [4.78, 5) is 65.2. The number of allylic oxidation sites excluding steroid dienone is 2. The van der Waals surface area contributed by atoms with E-state index in [1.165, 1.54) is 19.2 Å². The summed E-state index contributed by atoms with van der Waals surface area (Å²) in [5.41, 5.74) is -1.08. The van der Waals surface area contributed by atoms with E-state index in [-0.39, 0.29) is 98.7 Å². The largest absolute Gasteiger partial charge is 0.507 e. The topological polar surface area (TPSA) is 280 Å². The molecule has 4 aliphatic rings. The molecular formula is C53H64N2O16S3. The van der Waals surface area contributed by atoms with Crippen molar-refractivity contribution in [2.75, 3.05) is 44.9 Å². The average Bonchev–Trinajstić information content (AvgIpc) is 3.84. The lowest BCUT2D eigenvalue weighted by molar-refractivity contribution is -0.145. The van der Waals surface area contributed by atoms with Gasteiger partial charge in [-0.05, 0) is 97.0 Å². The van der Waals surface area contributed by atoms with E-state index in [1.54, 1.807) is 24.3 Å². The number of Topliss-reactive ketones (excluding diaryl/α,β-unsaturated/α-hetero) is 2.